The third-order valence-electron chi connectivity index (χ3n) is 4.74. The Hall–Kier alpha value is -2.95. The first-order chi connectivity index (χ1) is 13.8. The predicted molar refractivity (Wildman–Crippen MR) is 117 cm³/mol. The van der Waals surface area contributed by atoms with E-state index in [-0.39, 0.29) is 0 Å². The van der Waals surface area contributed by atoms with E-state index in [1.165, 1.54) is 16.8 Å². The van der Waals surface area contributed by atoms with Crippen LogP contribution in [0.3, 0.4) is 0 Å². The molecule has 0 aromatic heterocycles. The highest BCUT2D eigenvalue weighted by Gasteiger charge is 2.08. The molecule has 3 rings (SSSR count). The molecule has 0 bridgehead atoms. The van der Waals surface area contributed by atoms with Gasteiger partial charge in [0.15, 0.2) is 5.96 Å². The molecule has 1 aliphatic heterocycles. The fraction of sp³-hybridized carbons (Fsp3) is 0.348. The lowest BCUT2D eigenvalue weighted by atomic mass is 10.1. The lowest BCUT2D eigenvalue weighted by Crippen LogP contribution is -2.38. The maximum absolute atomic E-state index is 5.43. The zero-order chi connectivity index (χ0) is 19.6. The average Bonchev–Trinajstić information content (AvgIpc) is 3.27. The number of rotatable bonds is 8. The summed E-state index contributed by atoms with van der Waals surface area (Å²) in [7, 11) is 1.71. The van der Waals surface area contributed by atoms with E-state index in [0.29, 0.717) is 6.54 Å². The summed E-state index contributed by atoms with van der Waals surface area (Å²) < 4.78 is 5.43. The van der Waals surface area contributed by atoms with E-state index in [9.17, 15) is 0 Å². The van der Waals surface area contributed by atoms with Crippen molar-refractivity contribution in [1.82, 2.24) is 10.6 Å². The molecule has 148 valence electrons. The monoisotopic (exact) mass is 378 g/mol. The van der Waals surface area contributed by atoms with Crippen LogP contribution < -0.4 is 20.3 Å². The van der Waals surface area contributed by atoms with Crippen molar-refractivity contribution in [2.75, 3.05) is 38.2 Å². The van der Waals surface area contributed by atoms with Crippen molar-refractivity contribution in [3.63, 3.8) is 0 Å². The highest BCUT2D eigenvalue weighted by atomic mass is 16.5. The van der Waals surface area contributed by atoms with E-state index in [4.69, 9.17) is 9.73 Å². The lowest BCUT2D eigenvalue weighted by molar-refractivity contribution is 0.409. The summed E-state index contributed by atoms with van der Waals surface area (Å²) in [6.45, 7) is 6.34. The van der Waals surface area contributed by atoms with Crippen LogP contribution in [0.5, 0.6) is 5.75 Å². The smallest absolute Gasteiger partial charge is 0.191 e. The van der Waals surface area contributed by atoms with Crippen molar-refractivity contribution >= 4 is 11.6 Å². The zero-order valence-corrected chi connectivity index (χ0v) is 16.8. The second-order valence-corrected chi connectivity index (χ2v) is 6.73. The van der Waals surface area contributed by atoms with Gasteiger partial charge in [0.1, 0.15) is 5.75 Å². The predicted octanol–water partition coefficient (Wildman–Crippen LogP) is 3.37. The Balaban J connectivity index is 1.57. The van der Waals surface area contributed by atoms with Crippen LogP contribution in [-0.2, 0) is 13.0 Å². The molecule has 28 heavy (non-hydrogen) atoms. The second-order valence-electron chi connectivity index (χ2n) is 6.73. The highest BCUT2D eigenvalue weighted by Crippen LogP contribution is 2.19. The molecule has 0 saturated heterocycles. The Morgan fingerprint density at radius 2 is 1.89 bits per heavy atom. The number of guanidine groups is 1. The van der Waals surface area contributed by atoms with Gasteiger partial charge in [-0.05, 0) is 42.7 Å². The number of hydrogen-bond acceptors (Lipinski definition) is 3. The van der Waals surface area contributed by atoms with Gasteiger partial charge in [-0.25, -0.2) is 4.99 Å². The van der Waals surface area contributed by atoms with Gasteiger partial charge < -0.3 is 20.3 Å². The first kappa shape index (κ1) is 19.8. The average molecular weight is 379 g/mol. The molecule has 0 fully saturated rings. The largest absolute Gasteiger partial charge is 0.496 e. The fourth-order valence-electron chi connectivity index (χ4n) is 3.28. The van der Waals surface area contributed by atoms with Gasteiger partial charge >= 0.3 is 0 Å². The van der Waals surface area contributed by atoms with Gasteiger partial charge in [-0.3, -0.25) is 0 Å². The van der Waals surface area contributed by atoms with Crippen molar-refractivity contribution in [2.24, 2.45) is 4.99 Å². The maximum Gasteiger partial charge on any atom is 0.191 e. The number of aliphatic imine (C=N–C) groups is 1. The number of nitrogens with zero attached hydrogens (tertiary/aromatic N) is 2. The van der Waals surface area contributed by atoms with Gasteiger partial charge in [0, 0.05) is 31.9 Å². The van der Waals surface area contributed by atoms with Crippen LogP contribution in [-0.4, -0.2) is 39.2 Å². The molecule has 2 aromatic rings. The first-order valence-corrected chi connectivity index (χ1v) is 9.93. The lowest BCUT2D eigenvalue weighted by Gasteiger charge is -2.18. The van der Waals surface area contributed by atoms with E-state index >= 15 is 0 Å². The molecule has 0 aliphatic carbocycles. The van der Waals surface area contributed by atoms with E-state index in [1.54, 1.807) is 7.11 Å². The normalized spacial score (nSPS) is 13.6. The number of benzene rings is 2. The molecule has 0 unspecified atom stereocenters. The Bertz CT molecular complexity index is 808. The number of hydrogen-bond donors (Lipinski definition) is 2. The third kappa shape index (κ3) is 5.52. The Kier molecular flexibility index (Phi) is 7.36. The summed E-state index contributed by atoms with van der Waals surface area (Å²) in [5.74, 6) is 1.77. The maximum atomic E-state index is 5.43. The molecule has 5 heteroatoms. The molecule has 2 aromatic carbocycles. The minimum atomic E-state index is 0.652. The van der Waals surface area contributed by atoms with Crippen molar-refractivity contribution < 1.29 is 4.74 Å². The van der Waals surface area contributed by atoms with Crippen molar-refractivity contribution in [3.8, 4) is 5.75 Å². The molecule has 0 radical (unpaired) electrons. The number of anilines is 1. The van der Waals surface area contributed by atoms with Crippen LogP contribution in [0.15, 0.2) is 65.7 Å². The number of ether oxygens (including phenoxy) is 1. The number of para-hydroxylation sites is 1. The van der Waals surface area contributed by atoms with Gasteiger partial charge in [0.05, 0.1) is 13.7 Å². The number of methoxy groups -OCH3 is 1. The summed E-state index contributed by atoms with van der Waals surface area (Å²) in [5.41, 5.74) is 3.67. The molecule has 2 N–H and O–H groups in total. The molecule has 5 nitrogen and oxygen atoms in total. The van der Waals surface area contributed by atoms with Crippen LogP contribution in [0.4, 0.5) is 5.69 Å². The van der Waals surface area contributed by atoms with E-state index in [2.05, 4.69) is 64.9 Å². The molecular weight excluding hydrogens is 348 g/mol. The molecule has 0 amide bonds. The van der Waals surface area contributed by atoms with Crippen LogP contribution in [0.2, 0.25) is 0 Å². The highest BCUT2D eigenvalue weighted by molar-refractivity contribution is 5.79. The van der Waals surface area contributed by atoms with Crippen LogP contribution in [0.25, 0.3) is 0 Å². The summed E-state index contributed by atoms with van der Waals surface area (Å²) in [4.78, 5) is 7.11. The molecule has 0 saturated carbocycles. The Labute approximate surface area is 168 Å². The minimum Gasteiger partial charge on any atom is -0.496 e. The summed E-state index contributed by atoms with van der Waals surface area (Å²) in [6, 6.07) is 16.8. The van der Waals surface area contributed by atoms with Crippen LogP contribution >= 0.6 is 0 Å². The van der Waals surface area contributed by atoms with Crippen LogP contribution in [0, 0.1) is 0 Å². The standard InChI is InChI=1S/C23H30N4O/c1-3-24-23(25-14-13-20-10-4-5-12-22(20)28-2)26-18-19-9-8-11-21(17-19)27-15-6-7-16-27/h4-12,17H,3,13-16,18H2,1-2H3,(H2,24,25,26). The van der Waals surface area contributed by atoms with Gasteiger partial charge in [-0.15, -0.1) is 0 Å². The van der Waals surface area contributed by atoms with E-state index in [0.717, 1.165) is 44.3 Å². The topological polar surface area (TPSA) is 48.9 Å². The molecule has 1 heterocycles. The van der Waals surface area contributed by atoms with E-state index < -0.39 is 0 Å². The van der Waals surface area contributed by atoms with Crippen molar-refractivity contribution in [1.29, 1.82) is 0 Å². The van der Waals surface area contributed by atoms with Gasteiger partial charge in [-0.2, -0.15) is 0 Å². The fourth-order valence-corrected chi connectivity index (χ4v) is 3.28. The second kappa shape index (κ2) is 10.4. The molecule has 0 spiro atoms. The van der Waals surface area contributed by atoms with Gasteiger partial charge in [0.2, 0.25) is 0 Å². The first-order valence-electron chi connectivity index (χ1n) is 9.93. The minimum absolute atomic E-state index is 0.652. The Morgan fingerprint density at radius 1 is 1.07 bits per heavy atom. The summed E-state index contributed by atoms with van der Waals surface area (Å²) >= 11 is 0. The summed E-state index contributed by atoms with van der Waals surface area (Å²) in [5, 5.41) is 6.75. The van der Waals surface area contributed by atoms with Crippen molar-refractivity contribution in [3.05, 3.63) is 71.8 Å². The molecule has 1 aliphatic rings. The van der Waals surface area contributed by atoms with Gasteiger partial charge in [0.25, 0.3) is 0 Å². The Morgan fingerprint density at radius 3 is 2.68 bits per heavy atom. The molecule has 0 atom stereocenters. The molecular formula is C23H30N4O. The third-order valence-corrected chi connectivity index (χ3v) is 4.74. The van der Waals surface area contributed by atoms with Crippen molar-refractivity contribution in [2.45, 2.75) is 19.9 Å². The van der Waals surface area contributed by atoms with E-state index in [1.807, 2.05) is 18.2 Å². The summed E-state index contributed by atoms with van der Waals surface area (Å²) in [6.07, 6.45) is 5.30. The van der Waals surface area contributed by atoms with Crippen LogP contribution in [0.1, 0.15) is 18.1 Å². The van der Waals surface area contributed by atoms with Gasteiger partial charge in [-0.1, -0.05) is 42.5 Å². The SMILES string of the molecule is CCNC(=NCc1cccc(N2CC=CC2)c1)NCCc1ccccc1OC. The quantitative estimate of drug-likeness (QED) is 0.420. The number of nitrogens with one attached hydrogen (secondary N) is 2. The zero-order valence-electron chi connectivity index (χ0n) is 16.8.